The van der Waals surface area contributed by atoms with Crippen LogP contribution in [0.2, 0.25) is 0 Å². The van der Waals surface area contributed by atoms with Crippen LogP contribution in [-0.4, -0.2) is 18.6 Å². The van der Waals surface area contributed by atoms with Crippen LogP contribution in [0.4, 0.5) is 0 Å². The molecular formula is C4H9O4P. The van der Waals surface area contributed by atoms with Crippen molar-refractivity contribution in [3.8, 4) is 0 Å². The molecule has 0 aromatic heterocycles. The number of phosphoric ester groups is 1. The molecule has 0 aromatic rings. The van der Waals surface area contributed by atoms with Crippen molar-refractivity contribution in [1.29, 1.82) is 0 Å². The van der Waals surface area contributed by atoms with E-state index in [0.717, 1.165) is 7.11 Å². The fraction of sp³-hybridized carbons (Fsp3) is 0.500. The lowest BCUT2D eigenvalue weighted by atomic mass is 10.7. The number of hydrogen-bond donors (Lipinski definition) is 1. The van der Waals surface area contributed by atoms with Gasteiger partial charge in [-0.2, -0.15) is 0 Å². The molecule has 54 valence electrons. The van der Waals surface area contributed by atoms with Crippen LogP contribution in [0.25, 0.3) is 0 Å². The third-order valence-electron chi connectivity index (χ3n) is 0.586. The highest BCUT2D eigenvalue weighted by atomic mass is 31.2. The molecule has 0 spiro atoms. The minimum Gasteiger partial charge on any atom is -0.302 e. The quantitative estimate of drug-likeness (QED) is 0.481. The van der Waals surface area contributed by atoms with Gasteiger partial charge in [0.2, 0.25) is 0 Å². The van der Waals surface area contributed by atoms with Gasteiger partial charge < -0.3 is 4.89 Å². The molecule has 0 rings (SSSR count). The van der Waals surface area contributed by atoms with Gasteiger partial charge in [-0.25, -0.2) is 4.57 Å². The van der Waals surface area contributed by atoms with E-state index in [4.69, 9.17) is 4.89 Å². The summed E-state index contributed by atoms with van der Waals surface area (Å²) in [5, 5.41) is 0. The summed E-state index contributed by atoms with van der Waals surface area (Å²) in [6.45, 7) is 3.30. The zero-order chi connectivity index (χ0) is 7.33. The van der Waals surface area contributed by atoms with E-state index >= 15 is 0 Å². The van der Waals surface area contributed by atoms with Crippen molar-refractivity contribution < 1.29 is 18.5 Å². The van der Waals surface area contributed by atoms with E-state index in [2.05, 4.69) is 15.6 Å². The van der Waals surface area contributed by atoms with Gasteiger partial charge in [0, 0.05) is 7.11 Å². The van der Waals surface area contributed by atoms with Gasteiger partial charge in [0.05, 0.1) is 6.61 Å². The molecular weight excluding hydrogens is 143 g/mol. The van der Waals surface area contributed by atoms with Crippen molar-refractivity contribution in [3.63, 3.8) is 0 Å². The van der Waals surface area contributed by atoms with Crippen LogP contribution in [0.5, 0.6) is 0 Å². The Balaban J connectivity index is 3.58. The molecule has 0 radical (unpaired) electrons. The highest BCUT2D eigenvalue weighted by Crippen LogP contribution is 2.41. The summed E-state index contributed by atoms with van der Waals surface area (Å²) in [5.41, 5.74) is 0. The predicted octanol–water partition coefficient (Wildman–Crippen LogP) is 0.936. The van der Waals surface area contributed by atoms with Gasteiger partial charge in [-0.15, -0.1) is 6.58 Å². The van der Waals surface area contributed by atoms with E-state index in [1.807, 2.05) is 0 Å². The van der Waals surface area contributed by atoms with E-state index in [9.17, 15) is 4.57 Å². The second-order valence-electron chi connectivity index (χ2n) is 1.24. The first-order valence-electron chi connectivity index (χ1n) is 2.26. The van der Waals surface area contributed by atoms with Crippen molar-refractivity contribution in [2.75, 3.05) is 13.7 Å². The zero-order valence-electron chi connectivity index (χ0n) is 5.11. The Labute approximate surface area is 53.7 Å². The monoisotopic (exact) mass is 152 g/mol. The van der Waals surface area contributed by atoms with Gasteiger partial charge in [-0.3, -0.25) is 9.05 Å². The largest absolute Gasteiger partial charge is 0.472 e. The van der Waals surface area contributed by atoms with Crippen LogP contribution in [0, 0.1) is 0 Å². The van der Waals surface area contributed by atoms with Crippen molar-refractivity contribution in [2.24, 2.45) is 0 Å². The first-order chi connectivity index (χ1) is 4.12. The Kier molecular flexibility index (Phi) is 3.73. The van der Waals surface area contributed by atoms with Crippen molar-refractivity contribution >= 4 is 7.82 Å². The third-order valence-corrected chi connectivity index (χ3v) is 1.52. The highest BCUT2D eigenvalue weighted by molar-refractivity contribution is 7.47. The number of hydrogen-bond acceptors (Lipinski definition) is 3. The first-order valence-corrected chi connectivity index (χ1v) is 3.76. The first kappa shape index (κ1) is 8.85. The molecule has 1 atom stereocenters. The fourth-order valence-electron chi connectivity index (χ4n) is 0.200. The van der Waals surface area contributed by atoms with E-state index in [0.29, 0.717) is 0 Å². The van der Waals surface area contributed by atoms with Crippen LogP contribution >= 0.6 is 7.82 Å². The molecule has 1 unspecified atom stereocenters. The Morgan fingerprint density at radius 3 is 2.78 bits per heavy atom. The molecule has 4 nitrogen and oxygen atoms in total. The normalized spacial score (nSPS) is 16.7. The maximum atomic E-state index is 10.4. The van der Waals surface area contributed by atoms with Gasteiger partial charge in [-0.05, 0) is 0 Å². The molecule has 0 saturated carbocycles. The van der Waals surface area contributed by atoms with Crippen LogP contribution in [0.3, 0.4) is 0 Å². The average Bonchev–Trinajstić information content (AvgIpc) is 1.84. The minimum absolute atomic E-state index is 0.0155. The summed E-state index contributed by atoms with van der Waals surface area (Å²) < 4.78 is 18.8. The van der Waals surface area contributed by atoms with Gasteiger partial charge >= 0.3 is 7.82 Å². The molecule has 0 aliphatic rings. The molecule has 0 amide bonds. The third kappa shape index (κ3) is 4.36. The van der Waals surface area contributed by atoms with Gasteiger partial charge in [0.15, 0.2) is 0 Å². The molecule has 0 aromatic carbocycles. The molecule has 5 heteroatoms. The zero-order valence-corrected chi connectivity index (χ0v) is 6.01. The van der Waals surface area contributed by atoms with Crippen molar-refractivity contribution in [1.82, 2.24) is 0 Å². The van der Waals surface area contributed by atoms with Crippen LogP contribution in [-0.2, 0) is 13.6 Å². The van der Waals surface area contributed by atoms with Crippen molar-refractivity contribution in [2.45, 2.75) is 0 Å². The highest BCUT2D eigenvalue weighted by Gasteiger charge is 2.16. The summed E-state index contributed by atoms with van der Waals surface area (Å²) in [5.74, 6) is 0. The number of phosphoric acid groups is 1. The molecule has 0 saturated heterocycles. The summed E-state index contributed by atoms with van der Waals surface area (Å²) in [7, 11) is -2.66. The molecule has 0 heterocycles. The van der Waals surface area contributed by atoms with Gasteiger partial charge in [-0.1, -0.05) is 6.08 Å². The lowest BCUT2D eigenvalue weighted by Gasteiger charge is -2.05. The van der Waals surface area contributed by atoms with E-state index < -0.39 is 7.82 Å². The molecule has 0 fully saturated rings. The lowest BCUT2D eigenvalue weighted by molar-refractivity contribution is 0.188. The fourth-order valence-corrected chi connectivity index (χ4v) is 0.599. The summed E-state index contributed by atoms with van der Waals surface area (Å²) in [6, 6.07) is 0. The van der Waals surface area contributed by atoms with E-state index in [1.165, 1.54) is 6.08 Å². The molecule has 1 N–H and O–H groups in total. The minimum atomic E-state index is -3.76. The molecule has 0 bridgehead atoms. The second-order valence-corrected chi connectivity index (χ2v) is 2.80. The maximum absolute atomic E-state index is 10.4. The Morgan fingerprint density at radius 2 is 2.44 bits per heavy atom. The molecule has 0 aliphatic heterocycles. The summed E-state index contributed by atoms with van der Waals surface area (Å²) in [4.78, 5) is 8.52. The van der Waals surface area contributed by atoms with Crippen LogP contribution in [0.1, 0.15) is 0 Å². The Bertz CT molecular complexity index is 133. The SMILES string of the molecule is C=CCOP(=O)(O)OC. The molecule has 9 heavy (non-hydrogen) atoms. The van der Waals surface area contributed by atoms with Gasteiger partial charge in [0.1, 0.15) is 0 Å². The van der Waals surface area contributed by atoms with Gasteiger partial charge in [0.25, 0.3) is 0 Å². The standard InChI is InChI=1S/C4H9O4P/c1-3-4-8-9(5,6)7-2/h3H,1,4H2,2H3,(H,5,6). The van der Waals surface area contributed by atoms with E-state index in [-0.39, 0.29) is 6.61 Å². The van der Waals surface area contributed by atoms with Crippen LogP contribution < -0.4 is 0 Å². The average molecular weight is 152 g/mol. The van der Waals surface area contributed by atoms with Crippen LogP contribution in [0.15, 0.2) is 12.7 Å². The predicted molar refractivity (Wildman–Crippen MR) is 33.0 cm³/mol. The number of rotatable bonds is 4. The summed E-state index contributed by atoms with van der Waals surface area (Å²) in [6.07, 6.45) is 1.36. The summed E-state index contributed by atoms with van der Waals surface area (Å²) >= 11 is 0. The Morgan fingerprint density at radius 1 is 1.89 bits per heavy atom. The van der Waals surface area contributed by atoms with Crippen molar-refractivity contribution in [3.05, 3.63) is 12.7 Å². The van der Waals surface area contributed by atoms with E-state index in [1.54, 1.807) is 0 Å². The lowest BCUT2D eigenvalue weighted by Crippen LogP contribution is -1.90. The smallest absolute Gasteiger partial charge is 0.302 e. The second kappa shape index (κ2) is 3.80. The maximum Gasteiger partial charge on any atom is 0.472 e. The molecule has 0 aliphatic carbocycles. The Hall–Kier alpha value is -0.150. The topological polar surface area (TPSA) is 55.8 Å².